The Kier molecular flexibility index (Phi) is 4.45. The van der Waals surface area contributed by atoms with E-state index in [2.05, 4.69) is 4.72 Å². The molecule has 16 heavy (non-hydrogen) atoms. The quantitative estimate of drug-likeness (QED) is 0.486. The van der Waals surface area contributed by atoms with Gasteiger partial charge in [0.05, 0.1) is 12.3 Å². The number of nitrogens with one attached hydrogen (secondary N) is 2. The van der Waals surface area contributed by atoms with Crippen molar-refractivity contribution in [3.8, 4) is 0 Å². The Balaban J connectivity index is 2.45. The number of hydrogen-bond donors (Lipinski definition) is 3. The second-order valence-corrected chi connectivity index (χ2v) is 5.33. The molecule has 0 aliphatic rings. The van der Waals surface area contributed by atoms with Crippen LogP contribution < -0.4 is 10.5 Å². The Hall–Kier alpha value is -1.40. The van der Waals surface area contributed by atoms with Crippen molar-refractivity contribution in [1.29, 1.82) is 5.41 Å². The predicted molar refractivity (Wildman–Crippen MR) is 63.8 cm³/mol. The van der Waals surface area contributed by atoms with Crippen LogP contribution in [0, 0.1) is 5.41 Å². The molecule has 88 valence electrons. The highest BCUT2D eigenvalue weighted by molar-refractivity contribution is 7.89. The zero-order valence-corrected chi connectivity index (χ0v) is 9.63. The summed E-state index contributed by atoms with van der Waals surface area (Å²) in [7, 11) is -3.35. The van der Waals surface area contributed by atoms with Crippen LogP contribution in [0.1, 0.15) is 5.56 Å². The molecule has 0 saturated heterocycles. The molecule has 0 radical (unpaired) electrons. The minimum Gasteiger partial charge on any atom is -0.387 e. The lowest BCUT2D eigenvalue weighted by molar-refractivity contribution is 0.585. The van der Waals surface area contributed by atoms with Gasteiger partial charge in [-0.05, 0) is 12.0 Å². The van der Waals surface area contributed by atoms with Crippen LogP contribution in [-0.2, 0) is 16.4 Å². The van der Waals surface area contributed by atoms with Gasteiger partial charge >= 0.3 is 0 Å². The van der Waals surface area contributed by atoms with Crippen LogP contribution in [-0.4, -0.2) is 26.6 Å². The van der Waals surface area contributed by atoms with Gasteiger partial charge in [-0.25, -0.2) is 13.1 Å². The number of aryl methyl sites for hydroxylation is 1. The predicted octanol–water partition coefficient (Wildman–Crippen LogP) is 0.0845. The molecule has 5 nitrogen and oxygen atoms in total. The van der Waals surface area contributed by atoms with E-state index < -0.39 is 10.0 Å². The van der Waals surface area contributed by atoms with Gasteiger partial charge in [0.15, 0.2) is 0 Å². The van der Waals surface area contributed by atoms with Crippen molar-refractivity contribution >= 4 is 15.9 Å². The Labute approximate surface area is 95.2 Å². The molecule has 1 rings (SSSR count). The molecule has 0 amide bonds. The fourth-order valence-electron chi connectivity index (χ4n) is 1.16. The number of benzene rings is 1. The van der Waals surface area contributed by atoms with E-state index in [1.165, 1.54) is 0 Å². The molecule has 0 heterocycles. The van der Waals surface area contributed by atoms with E-state index >= 15 is 0 Å². The van der Waals surface area contributed by atoms with Gasteiger partial charge in [0, 0.05) is 0 Å². The van der Waals surface area contributed by atoms with E-state index in [0.717, 1.165) is 5.56 Å². The van der Waals surface area contributed by atoms with E-state index in [1.54, 1.807) is 0 Å². The minimum absolute atomic E-state index is 0.00426. The van der Waals surface area contributed by atoms with Crippen LogP contribution in [0.3, 0.4) is 0 Å². The third-order valence-electron chi connectivity index (χ3n) is 1.98. The molecule has 0 spiro atoms. The molecule has 4 N–H and O–H groups in total. The highest BCUT2D eigenvalue weighted by Crippen LogP contribution is 2.01. The third kappa shape index (κ3) is 4.90. The summed E-state index contributed by atoms with van der Waals surface area (Å²) in [6, 6.07) is 9.36. The maximum absolute atomic E-state index is 11.4. The van der Waals surface area contributed by atoms with Crippen molar-refractivity contribution in [3.05, 3.63) is 35.9 Å². The van der Waals surface area contributed by atoms with Crippen molar-refractivity contribution in [2.24, 2.45) is 5.73 Å². The van der Waals surface area contributed by atoms with Crippen molar-refractivity contribution in [2.75, 3.05) is 12.3 Å². The zero-order chi connectivity index (χ0) is 12.0. The summed E-state index contributed by atoms with van der Waals surface area (Å²) < 4.78 is 25.1. The van der Waals surface area contributed by atoms with Gasteiger partial charge in [-0.1, -0.05) is 30.3 Å². The molecule has 0 atom stereocenters. The summed E-state index contributed by atoms with van der Waals surface area (Å²) in [6.07, 6.45) is 0.452. The Morgan fingerprint density at radius 3 is 2.50 bits per heavy atom. The second kappa shape index (κ2) is 5.62. The lowest BCUT2D eigenvalue weighted by Crippen LogP contribution is -2.34. The van der Waals surface area contributed by atoms with Crippen molar-refractivity contribution in [3.63, 3.8) is 0 Å². The Bertz CT molecular complexity index is 442. The van der Waals surface area contributed by atoms with Crippen LogP contribution >= 0.6 is 0 Å². The summed E-state index contributed by atoms with van der Waals surface area (Å²) in [5.41, 5.74) is 6.03. The molecule has 0 aliphatic heterocycles. The molecule has 6 heteroatoms. The Morgan fingerprint density at radius 1 is 1.31 bits per heavy atom. The summed E-state index contributed by atoms with van der Waals surface area (Å²) in [6.45, 7) is -0.128. The zero-order valence-electron chi connectivity index (χ0n) is 8.81. The SMILES string of the molecule is N=C(N)CNS(=O)(=O)CCc1ccccc1. The Morgan fingerprint density at radius 2 is 1.94 bits per heavy atom. The lowest BCUT2D eigenvalue weighted by atomic mass is 10.2. The van der Waals surface area contributed by atoms with Gasteiger partial charge in [0.1, 0.15) is 5.84 Å². The number of amidine groups is 1. The number of rotatable bonds is 6. The molecule has 0 aliphatic carbocycles. The summed E-state index contributed by atoms with van der Waals surface area (Å²) in [5.74, 6) is -0.187. The lowest BCUT2D eigenvalue weighted by Gasteiger charge is -2.05. The topological polar surface area (TPSA) is 96.0 Å². The summed E-state index contributed by atoms with van der Waals surface area (Å²) >= 11 is 0. The second-order valence-electron chi connectivity index (χ2n) is 3.40. The first-order chi connectivity index (χ1) is 7.49. The highest BCUT2D eigenvalue weighted by atomic mass is 32.2. The molecule has 0 bridgehead atoms. The molecule has 1 aromatic carbocycles. The van der Waals surface area contributed by atoms with Crippen LogP contribution in [0.5, 0.6) is 0 Å². The molecule has 0 unspecified atom stereocenters. The molecule has 0 fully saturated rings. The van der Waals surface area contributed by atoms with Gasteiger partial charge < -0.3 is 5.73 Å². The molecule has 1 aromatic rings. The van der Waals surface area contributed by atoms with E-state index in [9.17, 15) is 8.42 Å². The molecular weight excluding hydrogens is 226 g/mol. The van der Waals surface area contributed by atoms with Gasteiger partial charge in [0.2, 0.25) is 10.0 Å². The molecule has 0 saturated carbocycles. The summed E-state index contributed by atoms with van der Waals surface area (Å²) in [5, 5.41) is 6.92. The van der Waals surface area contributed by atoms with Gasteiger partial charge in [-0.3, -0.25) is 5.41 Å². The van der Waals surface area contributed by atoms with Gasteiger partial charge in [-0.15, -0.1) is 0 Å². The van der Waals surface area contributed by atoms with Crippen LogP contribution in [0.4, 0.5) is 0 Å². The van der Waals surface area contributed by atoms with Crippen LogP contribution in [0.25, 0.3) is 0 Å². The smallest absolute Gasteiger partial charge is 0.212 e. The average Bonchev–Trinajstić information content (AvgIpc) is 2.26. The largest absolute Gasteiger partial charge is 0.387 e. The number of hydrogen-bond acceptors (Lipinski definition) is 3. The van der Waals surface area contributed by atoms with Gasteiger partial charge in [0.25, 0.3) is 0 Å². The number of sulfonamides is 1. The van der Waals surface area contributed by atoms with Crippen molar-refractivity contribution in [1.82, 2.24) is 4.72 Å². The highest BCUT2D eigenvalue weighted by Gasteiger charge is 2.09. The maximum Gasteiger partial charge on any atom is 0.212 e. The monoisotopic (exact) mass is 241 g/mol. The van der Waals surface area contributed by atoms with E-state index in [4.69, 9.17) is 11.1 Å². The standard InChI is InChI=1S/C10H15N3O2S/c11-10(12)8-13-16(14,15)7-6-9-4-2-1-3-5-9/h1-5,13H,6-8H2,(H3,11,12). The summed E-state index contributed by atoms with van der Waals surface area (Å²) in [4.78, 5) is 0. The fourth-order valence-corrected chi connectivity index (χ4v) is 2.18. The first-order valence-electron chi connectivity index (χ1n) is 4.84. The van der Waals surface area contributed by atoms with Gasteiger partial charge in [-0.2, -0.15) is 0 Å². The fraction of sp³-hybridized carbons (Fsp3) is 0.300. The maximum atomic E-state index is 11.4. The van der Waals surface area contributed by atoms with Crippen LogP contribution in [0.2, 0.25) is 0 Å². The van der Waals surface area contributed by atoms with Crippen LogP contribution in [0.15, 0.2) is 30.3 Å². The molecular formula is C10H15N3O2S. The molecule has 0 aromatic heterocycles. The van der Waals surface area contributed by atoms with E-state index in [0.29, 0.717) is 6.42 Å². The normalized spacial score (nSPS) is 11.2. The number of nitrogens with two attached hydrogens (primary N) is 1. The van der Waals surface area contributed by atoms with E-state index in [-0.39, 0.29) is 18.1 Å². The average molecular weight is 241 g/mol. The first kappa shape index (κ1) is 12.7. The third-order valence-corrected chi connectivity index (χ3v) is 3.31. The van der Waals surface area contributed by atoms with E-state index in [1.807, 2.05) is 30.3 Å². The first-order valence-corrected chi connectivity index (χ1v) is 6.49. The van der Waals surface area contributed by atoms with Crippen molar-refractivity contribution < 1.29 is 8.42 Å². The minimum atomic E-state index is -3.35. The van der Waals surface area contributed by atoms with Crippen molar-refractivity contribution in [2.45, 2.75) is 6.42 Å².